The Morgan fingerprint density at radius 1 is 1.16 bits per heavy atom. The van der Waals surface area contributed by atoms with E-state index in [1.54, 1.807) is 36.9 Å². The normalized spacial score (nSPS) is 13.6. The van der Waals surface area contributed by atoms with Crippen molar-refractivity contribution in [1.29, 1.82) is 0 Å². The zero-order chi connectivity index (χ0) is 32.5. The van der Waals surface area contributed by atoms with Crippen LogP contribution in [-0.4, -0.2) is 60.1 Å². The van der Waals surface area contributed by atoms with Crippen LogP contribution in [0.1, 0.15) is 57.7 Å². The molecule has 3 atom stereocenters. The van der Waals surface area contributed by atoms with Crippen LogP contribution < -0.4 is 21.7 Å². The van der Waals surface area contributed by atoms with Gasteiger partial charge in [0.15, 0.2) is 0 Å². The third-order valence-electron chi connectivity index (χ3n) is 6.42. The Balaban J connectivity index is 0.000000407. The zero-order valence-corrected chi connectivity index (χ0v) is 28.0. The van der Waals surface area contributed by atoms with Crippen molar-refractivity contribution in [2.75, 3.05) is 30.1 Å². The fourth-order valence-electron chi connectivity index (χ4n) is 4.05. The van der Waals surface area contributed by atoms with Gasteiger partial charge >= 0.3 is 5.97 Å². The molecule has 3 unspecified atom stereocenters. The van der Waals surface area contributed by atoms with Crippen molar-refractivity contribution in [2.45, 2.75) is 73.0 Å². The molecule has 0 radical (unpaired) electrons. The monoisotopic (exact) mass is 640 g/mol. The number of carbonyl (C=O) groups is 3. The van der Waals surface area contributed by atoms with E-state index in [-0.39, 0.29) is 42.6 Å². The Labute approximate surface area is 261 Å². The minimum atomic E-state index is -0.539. The number of aryl methyl sites for hydroxylation is 1. The number of thioether (sulfide) groups is 1. The van der Waals surface area contributed by atoms with Crippen molar-refractivity contribution < 1.29 is 27.9 Å². The average molecular weight is 641 g/mol. The highest BCUT2D eigenvalue weighted by Crippen LogP contribution is 2.19. The molecule has 2 aromatic rings. The van der Waals surface area contributed by atoms with E-state index >= 15 is 0 Å². The maximum Gasteiger partial charge on any atom is 0.328 e. The molecular formula is C31H47F2N4O4PS. The Kier molecular flexibility index (Phi) is 18.0. The molecule has 0 saturated carbocycles. The number of carbonyl (C=O) groups excluding carboxylic acids is 3. The summed E-state index contributed by atoms with van der Waals surface area (Å²) in [5.41, 5.74) is 8.36. The van der Waals surface area contributed by atoms with E-state index in [9.17, 15) is 23.2 Å². The number of esters is 1. The predicted octanol–water partition coefficient (Wildman–Crippen LogP) is 4.52. The molecule has 0 bridgehead atoms. The summed E-state index contributed by atoms with van der Waals surface area (Å²) in [5.74, 6) is 0.766. The number of ether oxygens (including phenoxy) is 1. The van der Waals surface area contributed by atoms with Crippen LogP contribution in [0, 0.1) is 24.5 Å². The summed E-state index contributed by atoms with van der Waals surface area (Å²) in [7, 11) is 2.59. The number of nitrogens with one attached hydrogen (secondary N) is 2. The first kappa shape index (κ1) is 38.3. The molecule has 0 aliphatic carbocycles. The smallest absolute Gasteiger partial charge is 0.328 e. The number of hydrogen-bond donors (Lipinski definition) is 3. The minimum absolute atomic E-state index is 0.00326. The highest BCUT2D eigenvalue weighted by molar-refractivity contribution is 7.99. The van der Waals surface area contributed by atoms with E-state index in [2.05, 4.69) is 19.9 Å². The molecule has 1 saturated heterocycles. The fourth-order valence-corrected chi connectivity index (χ4v) is 5.31. The maximum atomic E-state index is 13.9. The van der Waals surface area contributed by atoms with Crippen molar-refractivity contribution in [3.05, 3.63) is 58.7 Å². The van der Waals surface area contributed by atoms with Crippen LogP contribution in [0.5, 0.6) is 0 Å². The lowest BCUT2D eigenvalue weighted by Crippen LogP contribution is -2.36. The van der Waals surface area contributed by atoms with Gasteiger partial charge in [0.1, 0.15) is 17.7 Å². The van der Waals surface area contributed by atoms with Crippen LogP contribution in [0.2, 0.25) is 0 Å². The van der Waals surface area contributed by atoms with E-state index in [0.717, 1.165) is 29.0 Å². The third kappa shape index (κ3) is 13.2. The van der Waals surface area contributed by atoms with Gasteiger partial charge in [-0.05, 0) is 66.9 Å². The van der Waals surface area contributed by atoms with Gasteiger partial charge in [0, 0.05) is 42.6 Å². The topological polar surface area (TPSA) is 114 Å². The predicted molar refractivity (Wildman–Crippen MR) is 175 cm³/mol. The van der Waals surface area contributed by atoms with Crippen molar-refractivity contribution in [1.82, 2.24) is 10.2 Å². The van der Waals surface area contributed by atoms with Gasteiger partial charge in [-0.3, -0.25) is 9.59 Å². The van der Waals surface area contributed by atoms with Crippen LogP contribution in [0.25, 0.3) is 0 Å². The highest BCUT2D eigenvalue weighted by atomic mass is 32.2. The molecule has 1 fully saturated rings. The first-order valence-corrected chi connectivity index (χ1v) is 16.2. The van der Waals surface area contributed by atoms with Crippen LogP contribution in [-0.2, 0) is 32.1 Å². The molecule has 12 heteroatoms. The van der Waals surface area contributed by atoms with Crippen LogP contribution in [0.3, 0.4) is 0 Å². The van der Waals surface area contributed by atoms with Gasteiger partial charge < -0.3 is 26.0 Å². The number of nitrogens with two attached hydrogens (primary N) is 1. The first-order chi connectivity index (χ1) is 20.5. The second kappa shape index (κ2) is 20.3. The largest absolute Gasteiger partial charge is 0.464 e. The first-order valence-electron chi connectivity index (χ1n) is 14.5. The molecule has 43 heavy (non-hydrogen) atoms. The van der Waals surface area contributed by atoms with E-state index in [1.807, 2.05) is 39.5 Å². The molecule has 8 nitrogen and oxygen atoms in total. The number of nitrogens with zero attached hydrogens (tertiary/aromatic N) is 1. The molecule has 1 heterocycles. The van der Waals surface area contributed by atoms with Gasteiger partial charge in [0.25, 0.3) is 0 Å². The molecule has 0 spiro atoms. The lowest BCUT2D eigenvalue weighted by Gasteiger charge is -2.21. The molecule has 1 aliphatic heterocycles. The number of amides is 2. The summed E-state index contributed by atoms with van der Waals surface area (Å²) in [6.07, 6.45) is 1.18. The molecule has 4 N–H and O–H groups in total. The van der Waals surface area contributed by atoms with Crippen molar-refractivity contribution >= 4 is 50.3 Å². The summed E-state index contributed by atoms with van der Waals surface area (Å²) in [5, 5.41) is 6.35. The van der Waals surface area contributed by atoms with Gasteiger partial charge in [-0.2, -0.15) is 0 Å². The van der Waals surface area contributed by atoms with Crippen molar-refractivity contribution in [3.8, 4) is 0 Å². The second-order valence-electron chi connectivity index (χ2n) is 10.1. The zero-order valence-electron chi connectivity index (χ0n) is 26.0. The molecule has 2 aromatic carbocycles. The molecule has 3 rings (SSSR count). The summed E-state index contributed by atoms with van der Waals surface area (Å²) < 4.78 is 32.7. The van der Waals surface area contributed by atoms with E-state index < -0.39 is 11.9 Å². The number of anilines is 1. The van der Waals surface area contributed by atoms with E-state index in [4.69, 9.17) is 10.5 Å². The summed E-state index contributed by atoms with van der Waals surface area (Å²) in [4.78, 5) is 35.9. The Morgan fingerprint density at radius 3 is 2.40 bits per heavy atom. The summed E-state index contributed by atoms with van der Waals surface area (Å²) >= 11 is 1.75. The Bertz CT molecular complexity index is 1180. The van der Waals surface area contributed by atoms with Crippen molar-refractivity contribution in [3.63, 3.8) is 0 Å². The summed E-state index contributed by atoms with van der Waals surface area (Å²) in [6.45, 7) is 12.6. The molecule has 2 amide bonds. The Hall–Kier alpha value is -2.75. The number of benzene rings is 2. The second-order valence-corrected chi connectivity index (χ2v) is 11.8. The van der Waals surface area contributed by atoms with E-state index in [0.29, 0.717) is 36.3 Å². The highest BCUT2D eigenvalue weighted by Gasteiger charge is 2.24. The molecule has 0 aromatic heterocycles. The number of rotatable bonds is 12. The lowest BCUT2D eigenvalue weighted by atomic mass is 10.0. The van der Waals surface area contributed by atoms with Gasteiger partial charge in [0.2, 0.25) is 12.3 Å². The van der Waals surface area contributed by atoms with Crippen LogP contribution in [0.15, 0.2) is 30.3 Å². The molecular weight excluding hydrogens is 593 g/mol. The van der Waals surface area contributed by atoms with Crippen molar-refractivity contribution in [2.24, 2.45) is 11.7 Å². The standard InChI is InChI=1S/C15H21FN2O3.C14H20FN2OPS.C2H6/c1-4-21-15(20)14(10(2)3)18-12-6-5-11(8-17-9-19)13(16)7-12;1-9-4-12(15)10(6-13(9)19)5-11(16)7-14(18)17-2-3-20-8-17;1-2/h5-7,9-10,14,18H,4,8H2,1-3H3,(H,17,19);4,6,11H,2-3,5,7-8,16,19H2,1H3;1-2H3. The van der Waals surface area contributed by atoms with Crippen LogP contribution in [0.4, 0.5) is 14.5 Å². The molecule has 1 aliphatic rings. The van der Waals surface area contributed by atoms with Crippen LogP contribution >= 0.6 is 21.0 Å². The van der Waals surface area contributed by atoms with E-state index in [1.165, 1.54) is 12.1 Å². The SMILES string of the molecule is CC.CCOC(=O)C(Nc1ccc(CNC=O)c(F)c1)C(C)C.Cc1cc(F)c(CC(N)CC(=O)N2CCSC2)cc1P. The Morgan fingerprint density at radius 2 is 1.84 bits per heavy atom. The van der Waals surface area contributed by atoms with Gasteiger partial charge in [0.05, 0.1) is 12.5 Å². The minimum Gasteiger partial charge on any atom is -0.464 e. The van der Waals surface area contributed by atoms with Gasteiger partial charge in [-0.1, -0.05) is 33.8 Å². The van der Waals surface area contributed by atoms with Gasteiger partial charge in [-0.25, -0.2) is 13.6 Å². The number of halogens is 2. The fraction of sp³-hybridized carbons (Fsp3) is 0.516. The maximum absolute atomic E-state index is 13.9. The molecule has 240 valence electrons. The quantitative estimate of drug-likeness (QED) is 0.178. The van der Waals surface area contributed by atoms with Gasteiger partial charge in [-0.15, -0.1) is 21.0 Å². The number of hydrogen-bond acceptors (Lipinski definition) is 7. The lowest BCUT2D eigenvalue weighted by molar-refractivity contribution is -0.145. The third-order valence-corrected chi connectivity index (χ3v) is 8.01. The summed E-state index contributed by atoms with van der Waals surface area (Å²) in [6, 6.07) is 6.97. The average Bonchev–Trinajstić information content (AvgIpc) is 3.51.